The zero-order chi connectivity index (χ0) is 14.7. The third-order valence-electron chi connectivity index (χ3n) is 2.58. The third-order valence-corrected chi connectivity index (χ3v) is 3.40. The molecule has 0 amide bonds. The number of thioether (sulfide) groups is 1. The smallest absolute Gasteiger partial charge is 0.189 e. The van der Waals surface area contributed by atoms with Crippen molar-refractivity contribution in [1.82, 2.24) is 9.97 Å². The summed E-state index contributed by atoms with van der Waals surface area (Å²) in [5, 5.41) is 9.54. The van der Waals surface area contributed by atoms with Gasteiger partial charge in [-0.15, -0.1) is 0 Å². The van der Waals surface area contributed by atoms with Crippen molar-refractivity contribution >= 4 is 23.4 Å². The first kappa shape index (κ1) is 14.6. The van der Waals surface area contributed by atoms with Crippen LogP contribution >= 0.6 is 23.4 Å². The molecular formula is C13H9ClFN3OS. The van der Waals surface area contributed by atoms with Crippen LogP contribution in [0.4, 0.5) is 4.39 Å². The molecule has 0 aliphatic rings. The molecule has 0 N–H and O–H groups in total. The van der Waals surface area contributed by atoms with Gasteiger partial charge in [0.15, 0.2) is 21.9 Å². The Morgan fingerprint density at radius 1 is 1.40 bits per heavy atom. The first-order valence-electron chi connectivity index (χ1n) is 5.46. The van der Waals surface area contributed by atoms with Gasteiger partial charge in [-0.25, -0.2) is 14.4 Å². The SMILES string of the molecule is COc1cccc(-c2nc(SC)nc(Cl)c2C#N)c1F. The summed E-state index contributed by atoms with van der Waals surface area (Å²) >= 11 is 7.21. The van der Waals surface area contributed by atoms with E-state index in [9.17, 15) is 4.39 Å². The lowest BCUT2D eigenvalue weighted by Crippen LogP contribution is -1.99. The van der Waals surface area contributed by atoms with Crippen LogP contribution in [0.1, 0.15) is 5.56 Å². The molecule has 102 valence electrons. The molecule has 4 nitrogen and oxygen atoms in total. The maximum absolute atomic E-state index is 14.3. The Labute approximate surface area is 124 Å². The van der Waals surface area contributed by atoms with Crippen molar-refractivity contribution in [2.45, 2.75) is 5.16 Å². The number of nitrogens with zero attached hydrogens (tertiary/aromatic N) is 3. The predicted molar refractivity (Wildman–Crippen MR) is 75.5 cm³/mol. The minimum atomic E-state index is -0.590. The monoisotopic (exact) mass is 309 g/mol. The van der Waals surface area contributed by atoms with E-state index < -0.39 is 5.82 Å². The fourth-order valence-electron chi connectivity index (χ4n) is 1.65. The van der Waals surface area contributed by atoms with Crippen molar-refractivity contribution < 1.29 is 9.13 Å². The average molecular weight is 310 g/mol. The van der Waals surface area contributed by atoms with Crippen LogP contribution in [0.25, 0.3) is 11.3 Å². The number of hydrogen-bond acceptors (Lipinski definition) is 5. The molecule has 0 unspecified atom stereocenters. The van der Waals surface area contributed by atoms with E-state index in [-0.39, 0.29) is 27.7 Å². The number of benzene rings is 1. The molecule has 1 aromatic heterocycles. The van der Waals surface area contributed by atoms with Crippen LogP contribution in [0.15, 0.2) is 23.4 Å². The van der Waals surface area contributed by atoms with Gasteiger partial charge in [0, 0.05) is 5.56 Å². The van der Waals surface area contributed by atoms with Crippen LogP contribution < -0.4 is 4.74 Å². The molecule has 2 rings (SSSR count). The summed E-state index contributed by atoms with van der Waals surface area (Å²) in [5.41, 5.74) is 0.352. The summed E-state index contributed by atoms with van der Waals surface area (Å²) < 4.78 is 19.2. The van der Waals surface area contributed by atoms with Crippen molar-refractivity contribution in [2.75, 3.05) is 13.4 Å². The van der Waals surface area contributed by atoms with Gasteiger partial charge in [0.25, 0.3) is 0 Å². The lowest BCUT2D eigenvalue weighted by molar-refractivity contribution is 0.387. The summed E-state index contributed by atoms with van der Waals surface area (Å²) in [6.45, 7) is 0. The molecule has 2 aromatic rings. The second-order valence-corrected chi connectivity index (χ2v) is 4.79. The van der Waals surface area contributed by atoms with Crippen molar-refractivity contribution in [3.63, 3.8) is 0 Å². The molecule has 0 aliphatic heterocycles. The lowest BCUT2D eigenvalue weighted by atomic mass is 10.1. The van der Waals surface area contributed by atoms with E-state index in [4.69, 9.17) is 21.6 Å². The van der Waals surface area contributed by atoms with E-state index >= 15 is 0 Å². The molecule has 0 bridgehead atoms. The highest BCUT2D eigenvalue weighted by atomic mass is 35.5. The summed E-state index contributed by atoms with van der Waals surface area (Å²) in [5.74, 6) is -0.514. The van der Waals surface area contributed by atoms with Gasteiger partial charge >= 0.3 is 0 Å². The summed E-state index contributed by atoms with van der Waals surface area (Å²) in [4.78, 5) is 8.14. The van der Waals surface area contributed by atoms with E-state index in [1.165, 1.54) is 31.0 Å². The molecule has 0 saturated carbocycles. The molecular weight excluding hydrogens is 301 g/mol. The number of hydrogen-bond donors (Lipinski definition) is 0. The highest BCUT2D eigenvalue weighted by Gasteiger charge is 2.19. The number of halogens is 2. The average Bonchev–Trinajstić information content (AvgIpc) is 2.46. The normalized spacial score (nSPS) is 10.2. The van der Waals surface area contributed by atoms with Crippen LogP contribution in [0.3, 0.4) is 0 Å². The maximum Gasteiger partial charge on any atom is 0.189 e. The van der Waals surface area contributed by atoms with E-state index in [0.717, 1.165) is 0 Å². The molecule has 0 aliphatic carbocycles. The van der Waals surface area contributed by atoms with Gasteiger partial charge < -0.3 is 4.74 Å². The number of aromatic nitrogens is 2. The molecule has 7 heteroatoms. The van der Waals surface area contributed by atoms with E-state index in [1.807, 2.05) is 6.07 Å². The Morgan fingerprint density at radius 2 is 2.15 bits per heavy atom. The Hall–Kier alpha value is -1.84. The zero-order valence-corrected chi connectivity index (χ0v) is 12.2. The van der Waals surface area contributed by atoms with Crippen LogP contribution in [0, 0.1) is 17.1 Å². The first-order chi connectivity index (χ1) is 9.62. The lowest BCUT2D eigenvalue weighted by Gasteiger charge is -2.09. The molecule has 0 spiro atoms. The summed E-state index contributed by atoms with van der Waals surface area (Å²) in [7, 11) is 1.37. The number of methoxy groups -OCH3 is 1. The third kappa shape index (κ3) is 2.55. The minimum absolute atomic E-state index is 0.00377. The van der Waals surface area contributed by atoms with Crippen molar-refractivity contribution in [2.24, 2.45) is 0 Å². The highest BCUT2D eigenvalue weighted by molar-refractivity contribution is 7.98. The van der Waals surface area contributed by atoms with E-state index in [1.54, 1.807) is 12.3 Å². The molecule has 1 aromatic carbocycles. The number of nitriles is 1. The van der Waals surface area contributed by atoms with E-state index in [0.29, 0.717) is 5.16 Å². The van der Waals surface area contributed by atoms with Crippen LogP contribution in [-0.2, 0) is 0 Å². The molecule has 0 atom stereocenters. The van der Waals surface area contributed by atoms with Crippen LogP contribution in [-0.4, -0.2) is 23.3 Å². The highest BCUT2D eigenvalue weighted by Crippen LogP contribution is 2.32. The Kier molecular flexibility index (Phi) is 4.42. The van der Waals surface area contributed by atoms with Crippen LogP contribution in [0.2, 0.25) is 5.15 Å². The fraction of sp³-hybridized carbons (Fsp3) is 0.154. The van der Waals surface area contributed by atoms with Gasteiger partial charge in [-0.2, -0.15) is 5.26 Å². The second-order valence-electron chi connectivity index (χ2n) is 3.66. The molecule has 0 radical (unpaired) electrons. The standard InChI is InChI=1S/C13H9ClFN3OS/c1-19-9-5-3-4-7(10(9)15)11-8(6-16)12(14)18-13(17-11)20-2/h3-5H,1-2H3. The van der Waals surface area contributed by atoms with Crippen molar-refractivity contribution in [3.8, 4) is 23.1 Å². The van der Waals surface area contributed by atoms with Crippen LogP contribution in [0.5, 0.6) is 5.75 Å². The van der Waals surface area contributed by atoms with Gasteiger partial charge in [0.05, 0.1) is 12.8 Å². The second kappa shape index (κ2) is 6.07. The first-order valence-corrected chi connectivity index (χ1v) is 7.07. The van der Waals surface area contributed by atoms with Gasteiger partial charge in [-0.1, -0.05) is 29.4 Å². The number of ether oxygens (including phenoxy) is 1. The molecule has 20 heavy (non-hydrogen) atoms. The minimum Gasteiger partial charge on any atom is -0.494 e. The fourth-order valence-corrected chi connectivity index (χ4v) is 2.28. The molecule has 1 heterocycles. The van der Waals surface area contributed by atoms with Crippen molar-refractivity contribution in [1.29, 1.82) is 5.26 Å². The zero-order valence-electron chi connectivity index (χ0n) is 10.6. The summed E-state index contributed by atoms with van der Waals surface area (Å²) in [6, 6.07) is 6.53. The predicted octanol–water partition coefficient (Wildman–Crippen LogP) is 3.54. The topological polar surface area (TPSA) is 58.8 Å². The quantitative estimate of drug-likeness (QED) is 0.493. The maximum atomic E-state index is 14.3. The van der Waals surface area contributed by atoms with Crippen molar-refractivity contribution in [3.05, 3.63) is 34.7 Å². The van der Waals surface area contributed by atoms with Gasteiger partial charge in [-0.3, -0.25) is 0 Å². The van der Waals surface area contributed by atoms with Gasteiger partial charge in [0.2, 0.25) is 0 Å². The number of rotatable bonds is 3. The van der Waals surface area contributed by atoms with Gasteiger partial charge in [0.1, 0.15) is 11.6 Å². The molecule has 0 fully saturated rings. The van der Waals surface area contributed by atoms with Gasteiger partial charge in [-0.05, 0) is 18.4 Å². The Morgan fingerprint density at radius 3 is 2.75 bits per heavy atom. The Balaban J connectivity index is 2.75. The largest absolute Gasteiger partial charge is 0.494 e. The van der Waals surface area contributed by atoms with E-state index in [2.05, 4.69) is 9.97 Å². The summed E-state index contributed by atoms with van der Waals surface area (Å²) in [6.07, 6.45) is 1.77. The Bertz CT molecular complexity index is 703. The molecule has 0 saturated heterocycles.